The number of hydrogen-bond acceptors (Lipinski definition) is 4. The Hall–Kier alpha value is -1.15. The van der Waals surface area contributed by atoms with E-state index in [1.165, 1.54) is 29.5 Å². The number of thiophene rings is 1. The molecule has 0 saturated carbocycles. The number of sulfonamides is 1. The van der Waals surface area contributed by atoms with Crippen molar-refractivity contribution < 1.29 is 17.9 Å². The van der Waals surface area contributed by atoms with E-state index in [0.717, 1.165) is 6.07 Å². The second kappa shape index (κ2) is 5.69. The average Bonchev–Trinajstić information content (AvgIpc) is 2.76. The molecule has 108 valence electrons. The Morgan fingerprint density at radius 3 is 2.65 bits per heavy atom. The Morgan fingerprint density at radius 1 is 1.40 bits per heavy atom. The highest BCUT2D eigenvalue weighted by Crippen LogP contribution is 2.28. The number of rotatable bonds is 4. The first kappa shape index (κ1) is 15.2. The van der Waals surface area contributed by atoms with Crippen LogP contribution in [0.25, 0.3) is 0 Å². The number of halogens is 2. The fourth-order valence-electron chi connectivity index (χ4n) is 1.64. The van der Waals surface area contributed by atoms with Crippen LogP contribution in [0.4, 0.5) is 10.1 Å². The Bertz CT molecular complexity index is 743. The number of anilines is 1. The SMILES string of the molecule is Cc1sc(CO)cc1S(=O)(=O)Nc1ccc(Cl)c(F)c1. The zero-order valence-corrected chi connectivity index (χ0v) is 12.7. The third-order valence-electron chi connectivity index (χ3n) is 2.54. The van der Waals surface area contributed by atoms with Crippen molar-refractivity contribution >= 4 is 38.6 Å². The van der Waals surface area contributed by atoms with E-state index >= 15 is 0 Å². The van der Waals surface area contributed by atoms with Gasteiger partial charge < -0.3 is 5.11 Å². The highest BCUT2D eigenvalue weighted by atomic mass is 35.5. The molecule has 8 heteroatoms. The largest absolute Gasteiger partial charge is 0.391 e. The van der Waals surface area contributed by atoms with Crippen LogP contribution in [0.5, 0.6) is 0 Å². The summed E-state index contributed by atoms with van der Waals surface area (Å²) in [5, 5.41) is 8.95. The van der Waals surface area contributed by atoms with Crippen molar-refractivity contribution in [3.63, 3.8) is 0 Å². The fourth-order valence-corrected chi connectivity index (χ4v) is 4.30. The van der Waals surface area contributed by atoms with Gasteiger partial charge in [0.25, 0.3) is 10.0 Å². The van der Waals surface area contributed by atoms with Crippen molar-refractivity contribution in [3.8, 4) is 0 Å². The molecule has 2 rings (SSSR count). The van der Waals surface area contributed by atoms with E-state index < -0.39 is 15.8 Å². The smallest absolute Gasteiger partial charge is 0.263 e. The minimum Gasteiger partial charge on any atom is -0.391 e. The Balaban J connectivity index is 2.35. The van der Waals surface area contributed by atoms with E-state index in [2.05, 4.69) is 4.72 Å². The van der Waals surface area contributed by atoms with Crippen LogP contribution in [-0.2, 0) is 16.6 Å². The zero-order valence-electron chi connectivity index (χ0n) is 10.4. The van der Waals surface area contributed by atoms with Gasteiger partial charge in [0.05, 0.1) is 17.3 Å². The van der Waals surface area contributed by atoms with Gasteiger partial charge in [0.15, 0.2) is 0 Å². The van der Waals surface area contributed by atoms with Crippen LogP contribution in [0.1, 0.15) is 9.75 Å². The third kappa shape index (κ3) is 3.12. The van der Waals surface area contributed by atoms with E-state index in [1.54, 1.807) is 6.92 Å². The molecule has 1 aromatic carbocycles. The maximum atomic E-state index is 13.3. The maximum absolute atomic E-state index is 13.3. The van der Waals surface area contributed by atoms with Crippen LogP contribution in [0.15, 0.2) is 29.2 Å². The standard InChI is InChI=1S/C12H11ClFNO3S2/c1-7-12(5-9(6-16)19-7)20(17,18)15-8-2-3-10(13)11(14)4-8/h2-5,15-16H,6H2,1H3. The van der Waals surface area contributed by atoms with E-state index in [1.807, 2.05) is 0 Å². The van der Waals surface area contributed by atoms with Gasteiger partial charge >= 0.3 is 0 Å². The molecule has 0 fully saturated rings. The molecule has 0 radical (unpaired) electrons. The van der Waals surface area contributed by atoms with Gasteiger partial charge in [-0.25, -0.2) is 12.8 Å². The van der Waals surface area contributed by atoms with Gasteiger partial charge in [0.2, 0.25) is 0 Å². The Morgan fingerprint density at radius 2 is 2.10 bits per heavy atom. The topological polar surface area (TPSA) is 66.4 Å². The summed E-state index contributed by atoms with van der Waals surface area (Å²) in [5.41, 5.74) is 0.0862. The first-order valence-corrected chi connectivity index (χ1v) is 8.19. The van der Waals surface area contributed by atoms with Gasteiger partial charge in [-0.15, -0.1) is 11.3 Å². The normalized spacial score (nSPS) is 11.6. The lowest BCUT2D eigenvalue weighted by Gasteiger charge is -2.08. The molecule has 0 spiro atoms. The van der Waals surface area contributed by atoms with Crippen LogP contribution in [-0.4, -0.2) is 13.5 Å². The minimum absolute atomic E-state index is 0.0712. The number of aliphatic hydroxyl groups is 1. The van der Waals surface area contributed by atoms with Crippen molar-refractivity contribution in [2.45, 2.75) is 18.4 Å². The number of aliphatic hydroxyl groups excluding tert-OH is 1. The van der Waals surface area contributed by atoms with Gasteiger partial charge in [-0.1, -0.05) is 11.6 Å². The molecular weight excluding hydrogens is 325 g/mol. The quantitative estimate of drug-likeness (QED) is 0.902. The van der Waals surface area contributed by atoms with Gasteiger partial charge in [-0.05, 0) is 31.2 Å². The molecule has 0 aliphatic heterocycles. The van der Waals surface area contributed by atoms with Gasteiger partial charge in [0, 0.05) is 9.75 Å². The molecule has 2 aromatic rings. The second-order valence-corrected chi connectivity index (χ2v) is 7.42. The van der Waals surface area contributed by atoms with E-state index in [-0.39, 0.29) is 22.2 Å². The molecule has 4 nitrogen and oxygen atoms in total. The summed E-state index contributed by atoms with van der Waals surface area (Å²) >= 11 is 6.73. The van der Waals surface area contributed by atoms with Crippen LogP contribution in [0, 0.1) is 12.7 Å². The average molecular weight is 336 g/mol. The summed E-state index contributed by atoms with van der Waals surface area (Å²) in [7, 11) is -3.82. The highest BCUT2D eigenvalue weighted by molar-refractivity contribution is 7.93. The van der Waals surface area contributed by atoms with E-state index in [0.29, 0.717) is 9.75 Å². The molecule has 0 aliphatic rings. The molecule has 1 heterocycles. The minimum atomic E-state index is -3.82. The fraction of sp³-hybridized carbons (Fsp3) is 0.167. The second-order valence-electron chi connectivity index (χ2n) is 4.03. The summed E-state index contributed by atoms with van der Waals surface area (Å²) in [5.74, 6) is -0.704. The summed E-state index contributed by atoms with van der Waals surface area (Å²) in [6.07, 6.45) is 0. The summed E-state index contributed by atoms with van der Waals surface area (Å²) in [4.78, 5) is 1.17. The molecule has 0 bridgehead atoms. The van der Waals surface area contributed by atoms with Crippen LogP contribution in [0.2, 0.25) is 5.02 Å². The first-order valence-electron chi connectivity index (χ1n) is 5.51. The maximum Gasteiger partial charge on any atom is 0.263 e. The number of benzene rings is 1. The monoisotopic (exact) mass is 335 g/mol. The van der Waals surface area contributed by atoms with Gasteiger partial charge in [-0.2, -0.15) is 0 Å². The lowest BCUT2D eigenvalue weighted by Crippen LogP contribution is -2.13. The van der Waals surface area contributed by atoms with E-state index in [9.17, 15) is 12.8 Å². The predicted octanol–water partition coefficient (Wildman–Crippen LogP) is 3.14. The molecule has 2 N–H and O–H groups in total. The summed E-state index contributed by atoms with van der Waals surface area (Å²) in [6.45, 7) is 1.41. The van der Waals surface area contributed by atoms with Crippen LogP contribution < -0.4 is 4.72 Å². The Kier molecular flexibility index (Phi) is 4.33. The molecule has 0 atom stereocenters. The van der Waals surface area contributed by atoms with E-state index in [4.69, 9.17) is 16.7 Å². The van der Waals surface area contributed by atoms with Crippen LogP contribution in [0.3, 0.4) is 0 Å². The molecular formula is C12H11ClFNO3S2. The summed E-state index contributed by atoms with van der Waals surface area (Å²) in [6, 6.07) is 5.05. The molecule has 0 unspecified atom stereocenters. The lowest BCUT2D eigenvalue weighted by atomic mass is 10.3. The number of nitrogens with one attached hydrogen (secondary N) is 1. The van der Waals surface area contributed by atoms with Crippen molar-refractivity contribution in [1.82, 2.24) is 0 Å². The molecule has 20 heavy (non-hydrogen) atoms. The van der Waals surface area contributed by atoms with Crippen LogP contribution >= 0.6 is 22.9 Å². The summed E-state index contributed by atoms with van der Waals surface area (Å²) < 4.78 is 40.0. The van der Waals surface area contributed by atoms with Crippen molar-refractivity contribution in [2.75, 3.05) is 4.72 Å². The van der Waals surface area contributed by atoms with Gasteiger partial charge in [0.1, 0.15) is 10.7 Å². The number of hydrogen-bond donors (Lipinski definition) is 2. The highest BCUT2D eigenvalue weighted by Gasteiger charge is 2.20. The van der Waals surface area contributed by atoms with Crippen molar-refractivity contribution in [1.29, 1.82) is 0 Å². The van der Waals surface area contributed by atoms with Crippen molar-refractivity contribution in [3.05, 3.63) is 44.9 Å². The zero-order chi connectivity index (χ0) is 14.9. The molecule has 0 amide bonds. The van der Waals surface area contributed by atoms with Gasteiger partial charge in [-0.3, -0.25) is 4.72 Å². The molecule has 0 saturated heterocycles. The first-order chi connectivity index (χ1) is 9.33. The third-order valence-corrected chi connectivity index (χ3v) is 5.52. The Labute approximate surface area is 124 Å². The van der Waals surface area contributed by atoms with Crippen molar-refractivity contribution in [2.24, 2.45) is 0 Å². The lowest BCUT2D eigenvalue weighted by molar-refractivity contribution is 0.285. The number of aryl methyl sites for hydroxylation is 1. The predicted molar refractivity (Wildman–Crippen MR) is 77.2 cm³/mol. The molecule has 0 aliphatic carbocycles. The molecule has 1 aromatic heterocycles.